The lowest BCUT2D eigenvalue weighted by atomic mass is 10.0. The summed E-state index contributed by atoms with van der Waals surface area (Å²) in [6.45, 7) is 3.40. The molecule has 0 atom stereocenters. The van der Waals surface area contributed by atoms with Gasteiger partial charge in [-0.15, -0.1) is 0 Å². The highest BCUT2D eigenvalue weighted by atomic mass is 16.3. The Morgan fingerprint density at radius 1 is 1.45 bits per heavy atom. The molecule has 3 heteroatoms. The average molecular weight is 158 g/mol. The smallest absolute Gasteiger partial charge is 0.145 e. The van der Waals surface area contributed by atoms with Gasteiger partial charge in [0.1, 0.15) is 6.29 Å². The van der Waals surface area contributed by atoms with E-state index in [1.165, 1.54) is 0 Å². The second kappa shape index (κ2) is 6.07. The highest BCUT2D eigenvalue weighted by Gasteiger charge is 2.05. The molecule has 3 nitrogen and oxygen atoms in total. The molecule has 0 aromatic rings. The van der Waals surface area contributed by atoms with Gasteiger partial charge in [0, 0.05) is 19.1 Å². The molecule has 0 saturated heterocycles. The first-order valence-electron chi connectivity index (χ1n) is 3.59. The van der Waals surface area contributed by atoms with E-state index in [-0.39, 0.29) is 19.1 Å². The predicted octanol–water partition coefficient (Wildman–Crippen LogP) is 0.122. The molecule has 0 heterocycles. The van der Waals surface area contributed by atoms with Crippen molar-refractivity contribution in [3.8, 4) is 0 Å². The maximum absolute atomic E-state index is 10.1. The van der Waals surface area contributed by atoms with Crippen molar-refractivity contribution >= 4 is 6.29 Å². The lowest BCUT2D eigenvalue weighted by Crippen LogP contribution is -2.10. The van der Waals surface area contributed by atoms with Gasteiger partial charge in [-0.05, 0) is 18.4 Å². The zero-order chi connectivity index (χ0) is 8.69. The van der Waals surface area contributed by atoms with Crippen molar-refractivity contribution in [2.45, 2.75) is 12.8 Å². The second-order valence-electron chi connectivity index (χ2n) is 2.55. The molecular formula is C8H14O3. The van der Waals surface area contributed by atoms with E-state index in [0.29, 0.717) is 24.7 Å². The summed E-state index contributed by atoms with van der Waals surface area (Å²) in [7, 11) is 0. The number of carbonyl (C=O) groups is 1. The molecule has 0 saturated carbocycles. The molecular weight excluding hydrogens is 144 g/mol. The van der Waals surface area contributed by atoms with Gasteiger partial charge in [-0.25, -0.2) is 0 Å². The summed E-state index contributed by atoms with van der Waals surface area (Å²) in [4.78, 5) is 10.1. The van der Waals surface area contributed by atoms with Crippen LogP contribution in [0.5, 0.6) is 0 Å². The lowest BCUT2D eigenvalue weighted by Gasteiger charge is -2.08. The first kappa shape index (κ1) is 10.3. The van der Waals surface area contributed by atoms with Gasteiger partial charge in [0.15, 0.2) is 0 Å². The Hall–Kier alpha value is -0.670. The van der Waals surface area contributed by atoms with Crippen molar-refractivity contribution in [1.82, 2.24) is 0 Å². The van der Waals surface area contributed by atoms with Gasteiger partial charge >= 0.3 is 0 Å². The Balaban J connectivity index is 3.49. The molecule has 2 N–H and O–H groups in total. The minimum atomic E-state index is -0.119. The van der Waals surface area contributed by atoms with Crippen molar-refractivity contribution in [3.63, 3.8) is 0 Å². The monoisotopic (exact) mass is 158 g/mol. The van der Waals surface area contributed by atoms with Crippen molar-refractivity contribution in [1.29, 1.82) is 0 Å². The van der Waals surface area contributed by atoms with Crippen LogP contribution in [-0.2, 0) is 4.79 Å². The number of hydrogen-bond donors (Lipinski definition) is 2. The molecule has 0 aromatic heterocycles. The molecule has 0 bridgehead atoms. The van der Waals surface area contributed by atoms with Gasteiger partial charge in [-0.3, -0.25) is 4.79 Å². The first-order valence-corrected chi connectivity index (χ1v) is 3.59. The summed E-state index contributed by atoms with van der Waals surface area (Å²) in [5, 5.41) is 17.3. The summed E-state index contributed by atoms with van der Waals surface area (Å²) in [6.07, 6.45) is 1.87. The van der Waals surface area contributed by atoms with Crippen LogP contribution in [0.1, 0.15) is 12.8 Å². The number of rotatable bonds is 6. The molecule has 11 heavy (non-hydrogen) atoms. The molecule has 0 rings (SSSR count). The summed E-state index contributed by atoms with van der Waals surface area (Å²) >= 11 is 0. The van der Waals surface area contributed by atoms with Gasteiger partial charge in [0.2, 0.25) is 0 Å². The van der Waals surface area contributed by atoms with Crippen LogP contribution in [0.2, 0.25) is 0 Å². The second-order valence-corrected chi connectivity index (χ2v) is 2.55. The van der Waals surface area contributed by atoms with Gasteiger partial charge in [0.05, 0.1) is 0 Å². The number of hydrogen-bond acceptors (Lipinski definition) is 3. The zero-order valence-electron chi connectivity index (χ0n) is 6.49. The van der Waals surface area contributed by atoms with E-state index in [2.05, 4.69) is 6.58 Å². The van der Waals surface area contributed by atoms with E-state index >= 15 is 0 Å². The van der Waals surface area contributed by atoms with Crippen molar-refractivity contribution < 1.29 is 15.0 Å². The third kappa shape index (κ3) is 4.70. The van der Waals surface area contributed by atoms with Crippen molar-refractivity contribution in [2.75, 3.05) is 13.2 Å². The Labute approximate surface area is 66.4 Å². The maximum atomic E-state index is 10.1. The fourth-order valence-electron chi connectivity index (χ4n) is 0.689. The van der Waals surface area contributed by atoms with Crippen LogP contribution in [0.4, 0.5) is 0 Å². The number of carbonyl (C=O) groups excluding carboxylic acids is 1. The molecule has 0 aliphatic heterocycles. The summed E-state index contributed by atoms with van der Waals surface area (Å²) in [6, 6.07) is 0. The molecule has 0 fully saturated rings. The Kier molecular flexibility index (Phi) is 5.70. The number of aliphatic hydroxyl groups excluding tert-OH is 2. The SMILES string of the molecule is C=C(C=O)CCC(CO)CO. The largest absolute Gasteiger partial charge is 0.396 e. The van der Waals surface area contributed by atoms with Crippen molar-refractivity contribution in [3.05, 3.63) is 12.2 Å². The Morgan fingerprint density at radius 2 is 2.00 bits per heavy atom. The molecule has 0 unspecified atom stereocenters. The summed E-state index contributed by atoms with van der Waals surface area (Å²) in [5.74, 6) is -0.119. The zero-order valence-corrected chi connectivity index (χ0v) is 6.49. The third-order valence-corrected chi connectivity index (χ3v) is 1.56. The quantitative estimate of drug-likeness (QED) is 0.426. The number of aldehydes is 1. The van der Waals surface area contributed by atoms with Gasteiger partial charge in [0.25, 0.3) is 0 Å². The van der Waals surface area contributed by atoms with E-state index in [1.807, 2.05) is 0 Å². The van der Waals surface area contributed by atoms with Gasteiger partial charge in [-0.2, -0.15) is 0 Å². The first-order chi connectivity index (χ1) is 5.24. The Bertz CT molecular complexity index is 127. The predicted molar refractivity (Wildman–Crippen MR) is 42.1 cm³/mol. The lowest BCUT2D eigenvalue weighted by molar-refractivity contribution is -0.105. The minimum Gasteiger partial charge on any atom is -0.396 e. The van der Waals surface area contributed by atoms with Gasteiger partial charge < -0.3 is 10.2 Å². The maximum Gasteiger partial charge on any atom is 0.145 e. The standard InChI is InChI=1S/C8H14O3/c1-7(4-9)2-3-8(5-10)6-11/h4,8,10-11H,1-3,5-6H2. The van der Waals surface area contributed by atoms with Crippen LogP contribution in [0.25, 0.3) is 0 Å². The van der Waals surface area contributed by atoms with Crippen LogP contribution in [0.3, 0.4) is 0 Å². The molecule has 0 aliphatic rings. The molecule has 64 valence electrons. The van der Waals surface area contributed by atoms with E-state index in [4.69, 9.17) is 10.2 Å². The van der Waals surface area contributed by atoms with E-state index in [9.17, 15) is 4.79 Å². The molecule has 0 radical (unpaired) electrons. The summed E-state index contributed by atoms with van der Waals surface area (Å²) in [5.41, 5.74) is 0.511. The van der Waals surface area contributed by atoms with Crippen LogP contribution in [0, 0.1) is 5.92 Å². The van der Waals surface area contributed by atoms with E-state index in [0.717, 1.165) is 0 Å². The highest BCUT2D eigenvalue weighted by Crippen LogP contribution is 2.08. The van der Waals surface area contributed by atoms with Crippen LogP contribution >= 0.6 is 0 Å². The topological polar surface area (TPSA) is 57.5 Å². The van der Waals surface area contributed by atoms with E-state index < -0.39 is 0 Å². The number of allylic oxidation sites excluding steroid dienone is 1. The molecule has 0 spiro atoms. The molecule has 0 aromatic carbocycles. The highest BCUT2D eigenvalue weighted by molar-refractivity contribution is 5.71. The Morgan fingerprint density at radius 3 is 2.36 bits per heavy atom. The third-order valence-electron chi connectivity index (χ3n) is 1.56. The van der Waals surface area contributed by atoms with Gasteiger partial charge in [-0.1, -0.05) is 6.58 Å². The molecule has 0 aliphatic carbocycles. The van der Waals surface area contributed by atoms with Crippen LogP contribution in [0.15, 0.2) is 12.2 Å². The van der Waals surface area contributed by atoms with Crippen LogP contribution < -0.4 is 0 Å². The van der Waals surface area contributed by atoms with Crippen LogP contribution in [-0.4, -0.2) is 29.7 Å². The van der Waals surface area contributed by atoms with Crippen molar-refractivity contribution in [2.24, 2.45) is 5.92 Å². The fraction of sp³-hybridized carbons (Fsp3) is 0.625. The molecule has 0 amide bonds. The normalized spacial score (nSPS) is 10.1. The average Bonchev–Trinajstić information content (AvgIpc) is 2.06. The minimum absolute atomic E-state index is 0.0391. The fourth-order valence-corrected chi connectivity index (χ4v) is 0.689. The van der Waals surface area contributed by atoms with E-state index in [1.54, 1.807) is 0 Å². The number of aliphatic hydroxyl groups is 2. The summed E-state index contributed by atoms with van der Waals surface area (Å²) < 4.78 is 0.